The molecule has 116 valence electrons. The summed E-state index contributed by atoms with van der Waals surface area (Å²) in [7, 11) is 0. The van der Waals surface area contributed by atoms with E-state index < -0.39 is 5.91 Å². The lowest BCUT2D eigenvalue weighted by Crippen LogP contribution is -2.43. The van der Waals surface area contributed by atoms with Gasteiger partial charge in [0.15, 0.2) is 6.61 Å². The van der Waals surface area contributed by atoms with E-state index in [1.54, 1.807) is 12.1 Å². The second kappa shape index (κ2) is 7.42. The van der Waals surface area contributed by atoms with Crippen LogP contribution in [0.15, 0.2) is 34.1 Å². The molecule has 0 saturated heterocycles. The lowest BCUT2D eigenvalue weighted by Gasteiger charge is -2.10. The third-order valence-electron chi connectivity index (χ3n) is 2.80. The predicted molar refractivity (Wildman–Crippen MR) is 89.0 cm³/mol. The number of aryl methyl sites for hydroxylation is 2. The van der Waals surface area contributed by atoms with Gasteiger partial charge in [-0.25, -0.2) is 0 Å². The quantitative estimate of drug-likeness (QED) is 0.798. The summed E-state index contributed by atoms with van der Waals surface area (Å²) in [6, 6.07) is 9.15. The molecule has 0 atom stereocenters. The van der Waals surface area contributed by atoms with Crippen LogP contribution in [0.2, 0.25) is 0 Å². The number of thiophene rings is 1. The second-order valence-electron chi connectivity index (χ2n) is 4.66. The largest absolute Gasteiger partial charge is 0.483 e. The third kappa shape index (κ3) is 4.57. The first-order valence-electron chi connectivity index (χ1n) is 6.50. The number of hydrogen-bond donors (Lipinski definition) is 2. The normalized spacial score (nSPS) is 10.1. The molecule has 0 fully saturated rings. The van der Waals surface area contributed by atoms with Gasteiger partial charge < -0.3 is 4.74 Å². The van der Waals surface area contributed by atoms with Gasteiger partial charge in [0.2, 0.25) is 0 Å². The summed E-state index contributed by atoms with van der Waals surface area (Å²) in [5.74, 6) is -0.145. The molecule has 0 saturated carbocycles. The van der Waals surface area contributed by atoms with Gasteiger partial charge in [-0.15, -0.1) is 11.3 Å². The minimum atomic E-state index is -0.427. The average molecular weight is 383 g/mol. The van der Waals surface area contributed by atoms with Crippen molar-refractivity contribution in [2.24, 2.45) is 0 Å². The average Bonchev–Trinajstić information content (AvgIpc) is 2.90. The van der Waals surface area contributed by atoms with Gasteiger partial charge in [-0.1, -0.05) is 17.7 Å². The number of rotatable bonds is 4. The first-order chi connectivity index (χ1) is 10.5. The molecular formula is C15H15BrN2O3S. The van der Waals surface area contributed by atoms with Crippen molar-refractivity contribution < 1.29 is 14.3 Å². The van der Waals surface area contributed by atoms with Crippen LogP contribution in [-0.4, -0.2) is 18.4 Å². The molecule has 2 amide bonds. The molecule has 0 unspecified atom stereocenters. The fourth-order valence-corrected chi connectivity index (χ4v) is 3.05. The summed E-state index contributed by atoms with van der Waals surface area (Å²) in [5.41, 5.74) is 6.75. The Kier molecular flexibility index (Phi) is 5.57. The molecule has 0 bridgehead atoms. The molecule has 7 heteroatoms. The van der Waals surface area contributed by atoms with Crippen LogP contribution in [0.4, 0.5) is 0 Å². The first-order valence-corrected chi connectivity index (χ1v) is 8.11. The number of nitrogens with one attached hydrogen (secondary N) is 2. The van der Waals surface area contributed by atoms with Crippen LogP contribution < -0.4 is 15.6 Å². The Morgan fingerprint density at radius 3 is 2.59 bits per heavy atom. The Hall–Kier alpha value is -1.86. The van der Waals surface area contributed by atoms with Gasteiger partial charge in [0.25, 0.3) is 11.8 Å². The van der Waals surface area contributed by atoms with Crippen molar-refractivity contribution in [1.82, 2.24) is 10.9 Å². The maximum Gasteiger partial charge on any atom is 0.279 e. The fourth-order valence-electron chi connectivity index (χ4n) is 1.77. The van der Waals surface area contributed by atoms with Crippen LogP contribution in [0.5, 0.6) is 5.75 Å². The van der Waals surface area contributed by atoms with Crippen LogP contribution >= 0.6 is 27.3 Å². The minimum Gasteiger partial charge on any atom is -0.483 e. The lowest BCUT2D eigenvalue weighted by atomic mass is 10.1. The van der Waals surface area contributed by atoms with E-state index in [9.17, 15) is 9.59 Å². The molecule has 1 aromatic heterocycles. The third-order valence-corrected chi connectivity index (χ3v) is 4.42. The number of hydrogen-bond acceptors (Lipinski definition) is 4. The van der Waals surface area contributed by atoms with E-state index in [1.165, 1.54) is 11.3 Å². The predicted octanol–water partition coefficient (Wildman–Crippen LogP) is 2.97. The zero-order valence-corrected chi connectivity index (χ0v) is 14.5. The Morgan fingerprint density at radius 1 is 1.18 bits per heavy atom. The van der Waals surface area contributed by atoms with E-state index in [1.807, 2.05) is 32.0 Å². The number of carbonyl (C=O) groups excluding carboxylic acids is 2. The van der Waals surface area contributed by atoms with Crippen LogP contribution in [0, 0.1) is 13.8 Å². The standard InChI is InChI=1S/C15H15BrN2O3S/c1-9-3-4-11(10(2)7-9)21-8-14(19)17-18-15(20)12-5-6-13(16)22-12/h3-7H,8H2,1-2H3,(H,17,19)(H,18,20). The molecule has 0 spiro atoms. The van der Waals surface area contributed by atoms with Gasteiger partial charge in [-0.2, -0.15) is 0 Å². The Labute approximate surface area is 140 Å². The maximum absolute atomic E-state index is 11.8. The summed E-state index contributed by atoms with van der Waals surface area (Å²) >= 11 is 4.56. The molecule has 1 aromatic carbocycles. The van der Waals surface area contributed by atoms with Crippen molar-refractivity contribution >= 4 is 39.1 Å². The molecule has 2 N–H and O–H groups in total. The van der Waals surface area contributed by atoms with Crippen LogP contribution in [0.3, 0.4) is 0 Å². The molecule has 5 nitrogen and oxygen atoms in total. The van der Waals surface area contributed by atoms with Gasteiger partial charge in [-0.05, 0) is 53.5 Å². The zero-order valence-electron chi connectivity index (χ0n) is 12.1. The highest BCUT2D eigenvalue weighted by molar-refractivity contribution is 9.11. The van der Waals surface area contributed by atoms with Gasteiger partial charge >= 0.3 is 0 Å². The Bertz CT molecular complexity index is 700. The second-order valence-corrected chi connectivity index (χ2v) is 7.13. The molecule has 0 radical (unpaired) electrons. The van der Waals surface area contributed by atoms with Gasteiger partial charge in [-0.3, -0.25) is 20.4 Å². The van der Waals surface area contributed by atoms with Crippen LogP contribution in [0.1, 0.15) is 20.8 Å². The molecule has 22 heavy (non-hydrogen) atoms. The first kappa shape index (κ1) is 16.5. The van der Waals surface area contributed by atoms with Crippen LogP contribution in [-0.2, 0) is 4.79 Å². The van der Waals surface area contributed by atoms with Crippen molar-refractivity contribution in [3.8, 4) is 5.75 Å². The number of halogens is 1. The highest BCUT2D eigenvalue weighted by Crippen LogP contribution is 2.21. The van der Waals surface area contributed by atoms with Gasteiger partial charge in [0.1, 0.15) is 5.75 Å². The Balaban J connectivity index is 1.79. The number of hydrazine groups is 1. The SMILES string of the molecule is Cc1ccc(OCC(=O)NNC(=O)c2ccc(Br)s2)c(C)c1. The summed E-state index contributed by atoms with van der Waals surface area (Å²) < 4.78 is 6.28. The summed E-state index contributed by atoms with van der Waals surface area (Å²) in [6.07, 6.45) is 0. The number of carbonyl (C=O) groups is 2. The van der Waals surface area contributed by atoms with E-state index in [-0.39, 0.29) is 12.5 Å². The number of ether oxygens (including phenoxy) is 1. The molecule has 0 aliphatic rings. The highest BCUT2D eigenvalue weighted by atomic mass is 79.9. The van der Waals surface area contributed by atoms with E-state index in [0.717, 1.165) is 14.9 Å². The van der Waals surface area contributed by atoms with Crippen molar-refractivity contribution in [3.63, 3.8) is 0 Å². The molecule has 0 aliphatic carbocycles. The zero-order chi connectivity index (χ0) is 16.1. The maximum atomic E-state index is 11.8. The molecule has 2 rings (SSSR count). The monoisotopic (exact) mass is 382 g/mol. The fraction of sp³-hybridized carbons (Fsp3) is 0.200. The molecular weight excluding hydrogens is 368 g/mol. The summed E-state index contributed by atoms with van der Waals surface area (Å²) in [4.78, 5) is 23.9. The molecule has 0 aliphatic heterocycles. The highest BCUT2D eigenvalue weighted by Gasteiger charge is 2.10. The Morgan fingerprint density at radius 2 is 1.95 bits per heavy atom. The summed E-state index contributed by atoms with van der Waals surface area (Å²) in [6.45, 7) is 3.73. The number of amides is 2. The summed E-state index contributed by atoms with van der Waals surface area (Å²) in [5, 5.41) is 0. The van der Waals surface area contributed by atoms with Crippen molar-refractivity contribution in [2.75, 3.05) is 6.61 Å². The lowest BCUT2D eigenvalue weighted by molar-refractivity contribution is -0.123. The minimum absolute atomic E-state index is 0.168. The van der Waals surface area contributed by atoms with E-state index in [0.29, 0.717) is 10.6 Å². The van der Waals surface area contributed by atoms with E-state index in [2.05, 4.69) is 26.8 Å². The smallest absolute Gasteiger partial charge is 0.279 e. The topological polar surface area (TPSA) is 67.4 Å². The van der Waals surface area contributed by atoms with Crippen molar-refractivity contribution in [3.05, 3.63) is 50.1 Å². The van der Waals surface area contributed by atoms with Crippen molar-refractivity contribution in [2.45, 2.75) is 13.8 Å². The van der Waals surface area contributed by atoms with Crippen LogP contribution in [0.25, 0.3) is 0 Å². The van der Waals surface area contributed by atoms with E-state index in [4.69, 9.17) is 4.74 Å². The van der Waals surface area contributed by atoms with Crippen molar-refractivity contribution in [1.29, 1.82) is 0 Å². The van der Waals surface area contributed by atoms with Gasteiger partial charge in [0.05, 0.1) is 8.66 Å². The molecule has 2 aromatic rings. The molecule has 1 heterocycles. The van der Waals surface area contributed by atoms with E-state index >= 15 is 0 Å². The van der Waals surface area contributed by atoms with Gasteiger partial charge in [0, 0.05) is 0 Å². The number of benzene rings is 1.